The van der Waals surface area contributed by atoms with Gasteiger partial charge in [0.2, 0.25) is 0 Å². The minimum atomic E-state index is 0.199. The maximum absolute atomic E-state index is 11.7. The van der Waals surface area contributed by atoms with Gasteiger partial charge in [-0.25, -0.2) is 0 Å². The van der Waals surface area contributed by atoms with Gasteiger partial charge in [-0.05, 0) is 32.1 Å². The molecule has 0 aromatic heterocycles. The molecule has 1 heterocycles. The second kappa shape index (κ2) is 5.99. The number of nitrogens with one attached hydrogen (secondary N) is 1. The van der Waals surface area contributed by atoms with Crippen molar-refractivity contribution in [2.45, 2.75) is 89.1 Å². The molecule has 2 heteroatoms. The molecule has 1 N–H and O–H groups in total. The molecular weight excluding hydrogens is 210 g/mol. The van der Waals surface area contributed by atoms with Gasteiger partial charge in [-0.2, -0.15) is 0 Å². The van der Waals surface area contributed by atoms with Crippen molar-refractivity contribution >= 4 is 5.78 Å². The second-order valence-corrected chi connectivity index (χ2v) is 6.08. The molecule has 98 valence electrons. The minimum Gasteiger partial charge on any atom is -0.308 e. The number of Topliss-reactive ketones (excluding diaryl/α,β-unsaturated/α-hetero) is 1. The summed E-state index contributed by atoms with van der Waals surface area (Å²) in [4.78, 5) is 11.7. The predicted octanol–water partition coefficient (Wildman–Crippen LogP) is 3.59. The van der Waals surface area contributed by atoms with Gasteiger partial charge in [0.05, 0.1) is 0 Å². The summed E-state index contributed by atoms with van der Waals surface area (Å²) in [6.45, 7) is 2.26. The third-order valence-electron chi connectivity index (χ3n) is 4.52. The maximum atomic E-state index is 11.7. The molecule has 0 aromatic rings. The Morgan fingerprint density at radius 1 is 1.29 bits per heavy atom. The molecule has 1 saturated carbocycles. The van der Waals surface area contributed by atoms with Crippen molar-refractivity contribution in [1.82, 2.24) is 5.32 Å². The van der Waals surface area contributed by atoms with Gasteiger partial charge in [0.1, 0.15) is 5.78 Å². The highest BCUT2D eigenvalue weighted by Gasteiger charge is 2.38. The predicted molar refractivity (Wildman–Crippen MR) is 71.1 cm³/mol. The highest BCUT2D eigenvalue weighted by atomic mass is 16.1. The molecule has 2 nitrogen and oxygen atoms in total. The van der Waals surface area contributed by atoms with Crippen LogP contribution in [0.2, 0.25) is 0 Å². The zero-order chi connectivity index (χ0) is 12.1. The standard InChI is InChI=1S/C15H27NO/c1-2-3-4-7-13-8-5-10-15(16-13)11-6-9-14(17)12-15/h13,16H,2-12H2,1H3. The summed E-state index contributed by atoms with van der Waals surface area (Å²) in [7, 11) is 0. The van der Waals surface area contributed by atoms with E-state index in [1.165, 1.54) is 51.4 Å². The van der Waals surface area contributed by atoms with E-state index in [2.05, 4.69) is 12.2 Å². The Kier molecular flexibility index (Phi) is 4.61. The largest absolute Gasteiger partial charge is 0.308 e. The lowest BCUT2D eigenvalue weighted by Gasteiger charge is -2.44. The highest BCUT2D eigenvalue weighted by molar-refractivity contribution is 5.80. The Balaban J connectivity index is 1.85. The van der Waals surface area contributed by atoms with Crippen LogP contribution in [-0.4, -0.2) is 17.4 Å². The number of unbranched alkanes of at least 4 members (excludes halogenated alkanes) is 2. The molecule has 2 fully saturated rings. The molecule has 0 radical (unpaired) electrons. The molecular formula is C15H27NO. The molecule has 1 aliphatic carbocycles. The Labute approximate surface area is 106 Å². The van der Waals surface area contributed by atoms with E-state index in [0.717, 1.165) is 19.3 Å². The monoisotopic (exact) mass is 237 g/mol. The second-order valence-electron chi connectivity index (χ2n) is 6.08. The molecule has 2 atom stereocenters. The molecule has 1 saturated heterocycles. The number of rotatable bonds is 4. The Bertz CT molecular complexity index is 260. The van der Waals surface area contributed by atoms with Crippen LogP contribution in [0.3, 0.4) is 0 Å². The van der Waals surface area contributed by atoms with Crippen molar-refractivity contribution in [3.8, 4) is 0 Å². The van der Waals surface area contributed by atoms with Gasteiger partial charge in [-0.3, -0.25) is 4.79 Å². The van der Waals surface area contributed by atoms with Gasteiger partial charge >= 0.3 is 0 Å². The van der Waals surface area contributed by atoms with Gasteiger partial charge in [0, 0.05) is 24.4 Å². The number of carbonyl (C=O) groups excluding carboxylic acids is 1. The zero-order valence-corrected chi connectivity index (χ0v) is 11.3. The first-order valence-corrected chi connectivity index (χ1v) is 7.53. The van der Waals surface area contributed by atoms with Gasteiger partial charge in [-0.15, -0.1) is 0 Å². The van der Waals surface area contributed by atoms with Gasteiger partial charge in [0.15, 0.2) is 0 Å². The maximum Gasteiger partial charge on any atom is 0.134 e. The van der Waals surface area contributed by atoms with Crippen molar-refractivity contribution in [1.29, 1.82) is 0 Å². The first-order valence-electron chi connectivity index (χ1n) is 7.53. The van der Waals surface area contributed by atoms with Crippen LogP contribution in [0.15, 0.2) is 0 Å². The summed E-state index contributed by atoms with van der Waals surface area (Å²) in [5.74, 6) is 0.484. The lowest BCUT2D eigenvalue weighted by atomic mass is 9.74. The summed E-state index contributed by atoms with van der Waals surface area (Å²) in [5, 5.41) is 3.84. The summed E-state index contributed by atoms with van der Waals surface area (Å²) >= 11 is 0. The smallest absolute Gasteiger partial charge is 0.134 e. The molecule has 2 rings (SSSR count). The molecule has 2 unspecified atom stereocenters. The van der Waals surface area contributed by atoms with Crippen molar-refractivity contribution < 1.29 is 4.79 Å². The average Bonchev–Trinajstić information content (AvgIpc) is 2.29. The number of carbonyl (C=O) groups is 1. The van der Waals surface area contributed by atoms with E-state index in [1.54, 1.807) is 0 Å². The van der Waals surface area contributed by atoms with Crippen LogP contribution in [0.4, 0.5) is 0 Å². The van der Waals surface area contributed by atoms with E-state index in [0.29, 0.717) is 11.8 Å². The molecule has 0 amide bonds. The Hall–Kier alpha value is -0.370. The fourth-order valence-electron chi connectivity index (χ4n) is 3.64. The number of hydrogen-bond donors (Lipinski definition) is 1. The van der Waals surface area contributed by atoms with Gasteiger partial charge in [-0.1, -0.05) is 32.6 Å². The zero-order valence-electron chi connectivity index (χ0n) is 11.3. The molecule has 1 spiro atoms. The van der Waals surface area contributed by atoms with E-state index in [1.807, 2.05) is 0 Å². The van der Waals surface area contributed by atoms with E-state index in [4.69, 9.17) is 0 Å². The van der Waals surface area contributed by atoms with Gasteiger partial charge < -0.3 is 5.32 Å². The van der Waals surface area contributed by atoms with E-state index >= 15 is 0 Å². The summed E-state index contributed by atoms with van der Waals surface area (Å²) in [6, 6.07) is 0.682. The number of piperidine rings is 1. The third kappa shape index (κ3) is 3.54. The Morgan fingerprint density at radius 2 is 2.12 bits per heavy atom. The van der Waals surface area contributed by atoms with Crippen LogP contribution in [0.1, 0.15) is 77.6 Å². The molecule has 1 aliphatic heterocycles. The van der Waals surface area contributed by atoms with Crippen LogP contribution in [0.25, 0.3) is 0 Å². The lowest BCUT2D eigenvalue weighted by Crippen LogP contribution is -2.55. The minimum absolute atomic E-state index is 0.199. The molecule has 2 aliphatic rings. The van der Waals surface area contributed by atoms with Crippen molar-refractivity contribution in [2.75, 3.05) is 0 Å². The Morgan fingerprint density at radius 3 is 2.88 bits per heavy atom. The third-order valence-corrected chi connectivity index (χ3v) is 4.52. The fourth-order valence-corrected chi connectivity index (χ4v) is 3.64. The summed E-state index contributed by atoms with van der Waals surface area (Å²) in [6.07, 6.45) is 13.1. The van der Waals surface area contributed by atoms with Gasteiger partial charge in [0.25, 0.3) is 0 Å². The number of hydrogen-bond acceptors (Lipinski definition) is 2. The van der Waals surface area contributed by atoms with Crippen LogP contribution in [-0.2, 0) is 4.79 Å². The van der Waals surface area contributed by atoms with E-state index in [-0.39, 0.29) is 5.54 Å². The lowest BCUT2D eigenvalue weighted by molar-refractivity contribution is -0.123. The average molecular weight is 237 g/mol. The number of ketones is 1. The van der Waals surface area contributed by atoms with Crippen molar-refractivity contribution in [3.63, 3.8) is 0 Å². The van der Waals surface area contributed by atoms with Crippen molar-refractivity contribution in [3.05, 3.63) is 0 Å². The quantitative estimate of drug-likeness (QED) is 0.757. The van der Waals surface area contributed by atoms with Crippen LogP contribution in [0, 0.1) is 0 Å². The van der Waals surface area contributed by atoms with Crippen LogP contribution in [0.5, 0.6) is 0 Å². The summed E-state index contributed by atoms with van der Waals surface area (Å²) < 4.78 is 0. The van der Waals surface area contributed by atoms with E-state index < -0.39 is 0 Å². The fraction of sp³-hybridized carbons (Fsp3) is 0.933. The topological polar surface area (TPSA) is 29.1 Å². The van der Waals surface area contributed by atoms with Crippen molar-refractivity contribution in [2.24, 2.45) is 0 Å². The SMILES string of the molecule is CCCCCC1CCCC2(CCCC(=O)C2)N1. The molecule has 17 heavy (non-hydrogen) atoms. The first-order chi connectivity index (χ1) is 8.24. The van der Waals surface area contributed by atoms with Crippen LogP contribution < -0.4 is 5.32 Å². The summed E-state index contributed by atoms with van der Waals surface area (Å²) in [5.41, 5.74) is 0.199. The van der Waals surface area contributed by atoms with E-state index in [9.17, 15) is 4.79 Å². The molecule has 0 aromatic carbocycles. The normalized spacial score (nSPS) is 34.2. The highest BCUT2D eigenvalue weighted by Crippen LogP contribution is 2.35. The molecule has 0 bridgehead atoms. The van der Waals surface area contributed by atoms with Crippen LogP contribution >= 0.6 is 0 Å². The first kappa shape index (κ1) is 13.1.